The van der Waals surface area contributed by atoms with E-state index in [1.165, 1.54) is 9.80 Å². The summed E-state index contributed by atoms with van der Waals surface area (Å²) in [4.78, 5) is 75.7. The van der Waals surface area contributed by atoms with Crippen molar-refractivity contribution in [1.82, 2.24) is 20.4 Å². The Labute approximate surface area is 267 Å². The van der Waals surface area contributed by atoms with E-state index in [2.05, 4.69) is 10.6 Å². The Morgan fingerprint density at radius 2 is 1.02 bits per heavy atom. The fourth-order valence-corrected chi connectivity index (χ4v) is 6.68. The van der Waals surface area contributed by atoms with Gasteiger partial charge >= 0.3 is 12.2 Å². The largest absolute Gasteiger partial charge is 0.447 e. The molecule has 0 aromatic heterocycles. The van der Waals surface area contributed by atoms with Crippen molar-refractivity contribution < 1.29 is 38.2 Å². The summed E-state index contributed by atoms with van der Waals surface area (Å²) in [6, 6.07) is 18.7. The van der Waals surface area contributed by atoms with Crippen molar-refractivity contribution in [1.29, 1.82) is 0 Å². The molecule has 0 bridgehead atoms. The minimum atomic E-state index is -0.606. The Balaban J connectivity index is 0.000000181. The Kier molecular flexibility index (Phi) is 10.3. The number of rotatable bonds is 8. The highest BCUT2D eigenvalue weighted by atomic mass is 16.6. The van der Waals surface area contributed by atoms with Crippen LogP contribution < -0.4 is 10.6 Å². The molecule has 12 nitrogen and oxygen atoms in total. The first-order valence-electron chi connectivity index (χ1n) is 15.9. The molecule has 6 rings (SSSR count). The Bertz CT molecular complexity index is 1340. The van der Waals surface area contributed by atoms with Gasteiger partial charge in [-0.1, -0.05) is 74.5 Å². The molecule has 6 atom stereocenters. The van der Waals surface area contributed by atoms with Crippen LogP contribution in [0.5, 0.6) is 0 Å². The molecule has 12 heteroatoms. The predicted octanol–water partition coefficient (Wildman–Crippen LogP) is 2.70. The van der Waals surface area contributed by atoms with Gasteiger partial charge in [-0.05, 0) is 36.8 Å². The van der Waals surface area contributed by atoms with Crippen molar-refractivity contribution >= 4 is 35.8 Å². The maximum Gasteiger partial charge on any atom is 0.416 e. The lowest BCUT2D eigenvalue weighted by molar-refractivity contribution is -0.136. The summed E-state index contributed by atoms with van der Waals surface area (Å²) in [6.45, 7) is 4.73. The minimum absolute atomic E-state index is 0.113. The summed E-state index contributed by atoms with van der Waals surface area (Å²) in [5, 5.41) is 5.43. The van der Waals surface area contributed by atoms with Crippen LogP contribution in [0.2, 0.25) is 0 Å². The van der Waals surface area contributed by atoms with Gasteiger partial charge in [-0.3, -0.25) is 19.2 Å². The highest BCUT2D eigenvalue weighted by Crippen LogP contribution is 2.29. The molecule has 2 N–H and O–H groups in total. The van der Waals surface area contributed by atoms with E-state index in [9.17, 15) is 28.8 Å². The SMILES string of the molecule is CC[C@@H]1C(=O)NC[C@H]1C(=O)N1C(=O)OCC1Cc1ccccc1.CC[C@H]1C(=O)NC[C@@H]1C(=O)N1C(=O)OCC1Cc1ccccc1. The number of carbonyl (C=O) groups is 6. The normalized spacial score (nSPS) is 27.0. The topological polar surface area (TPSA) is 151 Å². The highest BCUT2D eigenvalue weighted by Gasteiger charge is 2.47. The van der Waals surface area contributed by atoms with E-state index in [4.69, 9.17) is 9.47 Å². The smallest absolute Gasteiger partial charge is 0.416 e. The third kappa shape index (κ3) is 6.90. The van der Waals surface area contributed by atoms with Crippen molar-refractivity contribution in [2.75, 3.05) is 26.3 Å². The molecule has 4 fully saturated rings. The Morgan fingerprint density at radius 3 is 1.37 bits per heavy atom. The van der Waals surface area contributed by atoms with Gasteiger partial charge in [0.2, 0.25) is 23.6 Å². The second-order valence-corrected chi connectivity index (χ2v) is 12.0. The molecule has 6 amide bonds. The van der Waals surface area contributed by atoms with Crippen LogP contribution in [0, 0.1) is 23.7 Å². The van der Waals surface area contributed by atoms with Crippen LogP contribution >= 0.6 is 0 Å². The summed E-state index contributed by atoms with van der Waals surface area (Å²) in [7, 11) is 0. The molecule has 0 radical (unpaired) electrons. The molecule has 4 aliphatic rings. The van der Waals surface area contributed by atoms with E-state index in [0.29, 0.717) is 25.7 Å². The van der Waals surface area contributed by atoms with Crippen LogP contribution in [-0.2, 0) is 41.5 Å². The first-order chi connectivity index (χ1) is 22.2. The van der Waals surface area contributed by atoms with Gasteiger partial charge in [-0.15, -0.1) is 0 Å². The average molecular weight is 633 g/mol. The monoisotopic (exact) mass is 632 g/mol. The lowest BCUT2D eigenvalue weighted by Crippen LogP contribution is -2.45. The molecule has 2 unspecified atom stereocenters. The van der Waals surface area contributed by atoms with E-state index in [1.807, 2.05) is 74.5 Å². The Morgan fingerprint density at radius 1 is 0.652 bits per heavy atom. The summed E-state index contributed by atoms with van der Waals surface area (Å²) < 4.78 is 10.2. The van der Waals surface area contributed by atoms with E-state index < -0.39 is 24.0 Å². The molecule has 0 spiro atoms. The van der Waals surface area contributed by atoms with Gasteiger partial charge in [-0.25, -0.2) is 19.4 Å². The summed E-state index contributed by atoms with van der Waals surface area (Å²) in [6.07, 6.45) is 1.06. The number of hydrogen-bond donors (Lipinski definition) is 2. The summed E-state index contributed by atoms with van der Waals surface area (Å²) in [5.74, 6) is -2.55. The van der Waals surface area contributed by atoms with Gasteiger partial charge in [0, 0.05) is 13.1 Å². The minimum Gasteiger partial charge on any atom is -0.447 e. The second kappa shape index (κ2) is 14.6. The van der Waals surface area contributed by atoms with Gasteiger partial charge in [0.25, 0.3) is 0 Å². The van der Waals surface area contributed by atoms with Gasteiger partial charge < -0.3 is 20.1 Å². The molecule has 2 aromatic carbocycles. The van der Waals surface area contributed by atoms with Crippen molar-refractivity contribution in [3.8, 4) is 0 Å². The third-order valence-corrected chi connectivity index (χ3v) is 9.18. The van der Waals surface area contributed by atoms with E-state index in [0.717, 1.165) is 11.1 Å². The van der Waals surface area contributed by atoms with Crippen LogP contribution in [0.4, 0.5) is 9.59 Å². The van der Waals surface area contributed by atoms with Crippen LogP contribution in [0.1, 0.15) is 37.8 Å². The van der Waals surface area contributed by atoms with Crippen LogP contribution in [-0.4, -0.2) is 84.0 Å². The number of amides is 6. The zero-order chi connectivity index (χ0) is 32.8. The molecule has 0 saturated carbocycles. The number of nitrogens with one attached hydrogen (secondary N) is 2. The van der Waals surface area contributed by atoms with E-state index in [1.54, 1.807) is 0 Å². The summed E-state index contributed by atoms with van der Waals surface area (Å²) in [5.41, 5.74) is 2.09. The van der Waals surface area contributed by atoms with Crippen LogP contribution in [0.25, 0.3) is 0 Å². The predicted molar refractivity (Wildman–Crippen MR) is 165 cm³/mol. The molecular weight excluding hydrogens is 592 g/mol. The number of ether oxygens (including phenoxy) is 2. The number of cyclic esters (lactones) is 2. The molecule has 2 aromatic rings. The highest BCUT2D eigenvalue weighted by molar-refractivity contribution is 5.99. The van der Waals surface area contributed by atoms with E-state index >= 15 is 0 Å². The zero-order valence-corrected chi connectivity index (χ0v) is 26.1. The number of nitrogens with zero attached hydrogens (tertiary/aromatic N) is 2. The van der Waals surface area contributed by atoms with Gasteiger partial charge in [0.15, 0.2) is 0 Å². The maximum atomic E-state index is 12.8. The number of hydrogen-bond acceptors (Lipinski definition) is 8. The Hall–Kier alpha value is -4.74. The number of imide groups is 2. The number of carbonyl (C=O) groups excluding carboxylic acids is 6. The maximum absolute atomic E-state index is 12.8. The quantitative estimate of drug-likeness (QED) is 0.451. The lowest BCUT2D eigenvalue weighted by atomic mass is 9.91. The molecule has 244 valence electrons. The zero-order valence-electron chi connectivity index (χ0n) is 26.1. The molecule has 4 heterocycles. The fourth-order valence-electron chi connectivity index (χ4n) is 6.68. The molecule has 4 aliphatic heterocycles. The van der Waals surface area contributed by atoms with E-state index in [-0.39, 0.29) is 73.9 Å². The second-order valence-electron chi connectivity index (χ2n) is 12.0. The van der Waals surface area contributed by atoms with Crippen molar-refractivity contribution in [3.05, 3.63) is 71.8 Å². The van der Waals surface area contributed by atoms with Crippen LogP contribution in [0.3, 0.4) is 0 Å². The molecular formula is C34H40N4O8. The fraction of sp³-hybridized carbons (Fsp3) is 0.471. The summed E-state index contributed by atoms with van der Waals surface area (Å²) >= 11 is 0. The first kappa shape index (κ1) is 32.6. The average Bonchev–Trinajstić information content (AvgIpc) is 3.83. The standard InChI is InChI=1S/2C17H20N2O4/c2*1-2-13-14(9-18-15(13)20)16(21)19-12(10-23-17(19)22)8-11-6-4-3-5-7-11/h2*3-7,12-14H,2,8-10H2,1H3,(H,18,20)/t2*12?,13-,14+/m10/s1. The van der Waals surface area contributed by atoms with Crippen molar-refractivity contribution in [2.45, 2.75) is 51.6 Å². The lowest BCUT2D eigenvalue weighted by Gasteiger charge is -2.24. The van der Waals surface area contributed by atoms with Gasteiger partial charge in [-0.2, -0.15) is 0 Å². The van der Waals surface area contributed by atoms with Crippen molar-refractivity contribution in [3.63, 3.8) is 0 Å². The molecule has 0 aliphatic carbocycles. The molecule has 4 saturated heterocycles. The van der Waals surface area contributed by atoms with Gasteiger partial charge in [0.05, 0.1) is 35.8 Å². The first-order valence-corrected chi connectivity index (χ1v) is 15.9. The third-order valence-electron chi connectivity index (χ3n) is 9.18. The van der Waals surface area contributed by atoms with Crippen molar-refractivity contribution in [2.24, 2.45) is 23.7 Å². The number of benzene rings is 2. The van der Waals surface area contributed by atoms with Crippen LogP contribution in [0.15, 0.2) is 60.7 Å². The molecule has 46 heavy (non-hydrogen) atoms. The van der Waals surface area contributed by atoms with Gasteiger partial charge in [0.1, 0.15) is 13.2 Å².